The van der Waals surface area contributed by atoms with E-state index in [1.165, 1.54) is 29.2 Å². The molecule has 2 aromatic carbocycles. The van der Waals surface area contributed by atoms with Crippen molar-refractivity contribution < 1.29 is 22.7 Å². The largest absolute Gasteiger partial charge is 0.493 e. The van der Waals surface area contributed by atoms with E-state index >= 15 is 0 Å². The molecule has 1 aliphatic heterocycles. The molecule has 1 aliphatic rings. The highest BCUT2D eigenvalue weighted by Gasteiger charge is 2.34. The average Bonchev–Trinajstić information content (AvgIpc) is 3.07. The van der Waals surface area contributed by atoms with Gasteiger partial charge in [-0.15, -0.1) is 4.40 Å². The molecule has 0 spiro atoms. The topological polar surface area (TPSA) is 85.3 Å². The van der Waals surface area contributed by atoms with Gasteiger partial charge in [0.1, 0.15) is 0 Å². The molecular weight excluding hydrogens is 484 g/mol. The van der Waals surface area contributed by atoms with Gasteiger partial charge in [0, 0.05) is 11.6 Å². The first-order valence-corrected chi connectivity index (χ1v) is 13.0. The minimum Gasteiger partial charge on any atom is -0.493 e. The summed E-state index contributed by atoms with van der Waals surface area (Å²) in [5, 5.41) is 0.529. The number of amides is 1. The van der Waals surface area contributed by atoms with Gasteiger partial charge in [-0.1, -0.05) is 31.0 Å². The predicted molar refractivity (Wildman–Crippen MR) is 132 cm³/mol. The fourth-order valence-electron chi connectivity index (χ4n) is 2.99. The van der Waals surface area contributed by atoms with Gasteiger partial charge in [0.15, 0.2) is 16.7 Å². The van der Waals surface area contributed by atoms with Crippen LogP contribution in [0.15, 0.2) is 56.7 Å². The van der Waals surface area contributed by atoms with E-state index in [-0.39, 0.29) is 22.5 Å². The molecule has 33 heavy (non-hydrogen) atoms. The Bertz CT molecular complexity index is 1180. The lowest BCUT2D eigenvalue weighted by molar-refractivity contribution is -0.122. The first-order chi connectivity index (χ1) is 15.8. The number of rotatable bonds is 9. The number of hydrogen-bond acceptors (Lipinski definition) is 6. The summed E-state index contributed by atoms with van der Waals surface area (Å²) >= 11 is 6.87. The lowest BCUT2D eigenvalue weighted by Gasteiger charge is -2.12. The fourth-order valence-corrected chi connectivity index (χ4v) is 5.36. The Hall–Kier alpha value is -2.49. The molecule has 1 fully saturated rings. The van der Waals surface area contributed by atoms with E-state index < -0.39 is 10.0 Å². The maximum atomic E-state index is 12.9. The van der Waals surface area contributed by atoms with Crippen LogP contribution in [0.4, 0.5) is 0 Å². The number of halogens is 1. The van der Waals surface area contributed by atoms with Crippen molar-refractivity contribution in [2.24, 2.45) is 4.40 Å². The smallest absolute Gasteiger partial charge is 0.284 e. The van der Waals surface area contributed by atoms with Crippen LogP contribution in [0.25, 0.3) is 6.08 Å². The number of likely N-dealkylation sites (N-methyl/N-ethyl adjacent to an activating group) is 1. The molecule has 10 heteroatoms. The van der Waals surface area contributed by atoms with Gasteiger partial charge in [0.25, 0.3) is 15.9 Å². The molecule has 2 aromatic rings. The van der Waals surface area contributed by atoms with Crippen molar-refractivity contribution in [3.05, 3.63) is 58.0 Å². The molecule has 7 nitrogen and oxygen atoms in total. The number of carbonyl (C=O) groups excluding carboxylic acids is 1. The Morgan fingerprint density at radius 3 is 2.48 bits per heavy atom. The zero-order valence-corrected chi connectivity index (χ0v) is 21.0. The second-order valence-corrected chi connectivity index (χ2v) is 10.1. The second kappa shape index (κ2) is 11.1. The minimum absolute atomic E-state index is 0.00459. The van der Waals surface area contributed by atoms with Crippen molar-refractivity contribution >= 4 is 50.5 Å². The molecule has 0 aliphatic carbocycles. The van der Waals surface area contributed by atoms with E-state index in [0.717, 1.165) is 30.2 Å². The van der Waals surface area contributed by atoms with Crippen molar-refractivity contribution in [2.75, 3.05) is 20.3 Å². The van der Waals surface area contributed by atoms with Crippen LogP contribution in [-0.2, 0) is 14.8 Å². The van der Waals surface area contributed by atoms with Crippen molar-refractivity contribution in [3.63, 3.8) is 0 Å². The van der Waals surface area contributed by atoms with Gasteiger partial charge in [-0.3, -0.25) is 9.69 Å². The Kier molecular flexibility index (Phi) is 8.45. The summed E-state index contributed by atoms with van der Waals surface area (Å²) in [6.45, 7) is 4.69. The number of methoxy groups -OCH3 is 1. The summed E-state index contributed by atoms with van der Waals surface area (Å²) < 4.78 is 40.6. The first kappa shape index (κ1) is 25.1. The highest BCUT2D eigenvalue weighted by Crippen LogP contribution is 2.35. The van der Waals surface area contributed by atoms with Crippen molar-refractivity contribution in [3.8, 4) is 11.5 Å². The van der Waals surface area contributed by atoms with E-state index in [0.29, 0.717) is 28.0 Å². The number of ether oxygens (including phenoxy) is 2. The summed E-state index contributed by atoms with van der Waals surface area (Å²) in [4.78, 5) is 14.6. The van der Waals surface area contributed by atoms with Gasteiger partial charge in [-0.25, -0.2) is 0 Å². The lowest BCUT2D eigenvalue weighted by Crippen LogP contribution is -2.29. The summed E-state index contributed by atoms with van der Waals surface area (Å²) in [7, 11) is -2.43. The summed E-state index contributed by atoms with van der Waals surface area (Å²) in [5.41, 5.74) is 0.732. The highest BCUT2D eigenvalue weighted by atomic mass is 35.5. The number of carbonyl (C=O) groups is 1. The number of sulfonamides is 1. The predicted octanol–water partition coefficient (Wildman–Crippen LogP) is 5.21. The Morgan fingerprint density at radius 1 is 1.12 bits per heavy atom. The normalized spacial score (nSPS) is 16.6. The standard InChI is InChI=1S/C23H25ClN2O5S2/c1-4-6-13-31-20-14-16(7-12-19(20)30-3)15-21-22(27)26(5-2)23(32-21)25-33(28,29)18-10-8-17(24)9-11-18/h7-12,14-15H,4-6,13H2,1-3H3/b21-15-,25-23?. The molecule has 1 amide bonds. The number of nitrogens with zero attached hydrogens (tertiary/aromatic N) is 2. The third-order valence-corrected chi connectivity index (χ3v) is 7.41. The van der Waals surface area contributed by atoms with Gasteiger partial charge in [-0.05, 0) is 73.1 Å². The van der Waals surface area contributed by atoms with Gasteiger partial charge in [-0.2, -0.15) is 8.42 Å². The van der Waals surface area contributed by atoms with E-state index in [2.05, 4.69) is 11.3 Å². The van der Waals surface area contributed by atoms with Crippen LogP contribution in [-0.4, -0.2) is 44.7 Å². The number of amidine groups is 1. The van der Waals surface area contributed by atoms with Crippen molar-refractivity contribution in [1.29, 1.82) is 0 Å². The maximum absolute atomic E-state index is 12.9. The molecule has 0 bridgehead atoms. The molecule has 0 aromatic heterocycles. The minimum atomic E-state index is -4.00. The van der Waals surface area contributed by atoms with Crippen LogP contribution in [0.1, 0.15) is 32.3 Å². The maximum Gasteiger partial charge on any atom is 0.284 e. The summed E-state index contributed by atoms with van der Waals surface area (Å²) in [6.07, 6.45) is 3.61. The molecular formula is C23H25ClN2O5S2. The Labute approximate surface area is 203 Å². The fraction of sp³-hybridized carbons (Fsp3) is 0.304. The quantitative estimate of drug-likeness (QED) is 0.341. The van der Waals surface area contributed by atoms with Crippen LogP contribution in [0.5, 0.6) is 11.5 Å². The van der Waals surface area contributed by atoms with E-state index in [1.54, 1.807) is 32.2 Å². The number of benzene rings is 2. The molecule has 0 radical (unpaired) electrons. The second-order valence-electron chi connectivity index (χ2n) is 7.08. The van der Waals surface area contributed by atoms with Gasteiger partial charge in [0.2, 0.25) is 0 Å². The molecule has 1 heterocycles. The number of hydrogen-bond donors (Lipinski definition) is 0. The lowest BCUT2D eigenvalue weighted by atomic mass is 10.2. The SMILES string of the molecule is CCCCOc1cc(/C=C2\SC(=NS(=O)(=O)c3ccc(Cl)cc3)N(CC)C2=O)ccc1OC. The molecule has 0 unspecified atom stereocenters. The van der Waals surface area contributed by atoms with Crippen molar-refractivity contribution in [2.45, 2.75) is 31.6 Å². The molecule has 0 N–H and O–H groups in total. The van der Waals surface area contributed by atoms with E-state index in [9.17, 15) is 13.2 Å². The Balaban J connectivity index is 1.91. The zero-order chi connectivity index (χ0) is 24.0. The van der Waals surface area contributed by atoms with E-state index in [4.69, 9.17) is 21.1 Å². The van der Waals surface area contributed by atoms with Crippen LogP contribution >= 0.6 is 23.4 Å². The van der Waals surface area contributed by atoms with Crippen LogP contribution in [0.3, 0.4) is 0 Å². The third kappa shape index (κ3) is 6.10. The van der Waals surface area contributed by atoms with Crippen LogP contribution in [0, 0.1) is 0 Å². The van der Waals surface area contributed by atoms with Gasteiger partial charge in [0.05, 0.1) is 23.5 Å². The Morgan fingerprint density at radius 2 is 1.85 bits per heavy atom. The third-order valence-electron chi connectivity index (χ3n) is 4.75. The van der Waals surface area contributed by atoms with Gasteiger partial charge < -0.3 is 9.47 Å². The monoisotopic (exact) mass is 508 g/mol. The molecule has 176 valence electrons. The van der Waals surface area contributed by atoms with E-state index in [1.807, 2.05) is 6.07 Å². The zero-order valence-electron chi connectivity index (χ0n) is 18.6. The molecule has 1 saturated heterocycles. The van der Waals surface area contributed by atoms with Crippen LogP contribution in [0.2, 0.25) is 5.02 Å². The van der Waals surface area contributed by atoms with Gasteiger partial charge >= 0.3 is 0 Å². The number of thioether (sulfide) groups is 1. The molecule has 0 saturated carbocycles. The van der Waals surface area contributed by atoms with Crippen LogP contribution < -0.4 is 9.47 Å². The average molecular weight is 509 g/mol. The summed E-state index contributed by atoms with van der Waals surface area (Å²) in [6, 6.07) is 11.1. The first-order valence-electron chi connectivity index (χ1n) is 10.4. The number of unbranched alkanes of at least 4 members (excludes halogenated alkanes) is 1. The molecule has 0 atom stereocenters. The highest BCUT2D eigenvalue weighted by molar-refractivity contribution is 8.19. The molecule has 3 rings (SSSR count). The summed E-state index contributed by atoms with van der Waals surface area (Å²) in [5.74, 6) is 0.879. The van der Waals surface area contributed by atoms with Crippen molar-refractivity contribution in [1.82, 2.24) is 4.90 Å².